The van der Waals surface area contributed by atoms with Gasteiger partial charge in [-0.2, -0.15) is 0 Å². The lowest BCUT2D eigenvalue weighted by Crippen LogP contribution is -1.89. The molecular weight excluding hydrogens is 174 g/mol. The normalized spacial score (nSPS) is 10.9. The molecule has 0 saturated heterocycles. The predicted molar refractivity (Wildman–Crippen MR) is 48.3 cm³/mol. The molecule has 3 nitrogen and oxygen atoms in total. The maximum absolute atomic E-state index is 5.80. The van der Waals surface area contributed by atoms with Gasteiger partial charge in [0.2, 0.25) is 0 Å². The van der Waals surface area contributed by atoms with Crippen molar-refractivity contribution >= 4 is 22.8 Å². The van der Waals surface area contributed by atoms with E-state index in [1.807, 2.05) is 24.6 Å². The van der Waals surface area contributed by atoms with Crippen LogP contribution >= 0.6 is 11.6 Å². The summed E-state index contributed by atoms with van der Waals surface area (Å²) < 4.78 is 1.86. The van der Waals surface area contributed by atoms with E-state index in [1.54, 1.807) is 6.33 Å². The Kier molecular flexibility index (Phi) is 1.54. The van der Waals surface area contributed by atoms with Crippen molar-refractivity contribution in [1.29, 1.82) is 0 Å². The van der Waals surface area contributed by atoms with Crippen molar-refractivity contribution in [2.24, 2.45) is 7.05 Å². The highest BCUT2D eigenvalue weighted by molar-refractivity contribution is 6.29. The van der Waals surface area contributed by atoms with Gasteiger partial charge in [0.05, 0.1) is 6.33 Å². The fourth-order valence-electron chi connectivity index (χ4n) is 1.21. The number of fused-ring (bicyclic) bond motifs is 1. The Balaban J connectivity index is 2.92. The van der Waals surface area contributed by atoms with Gasteiger partial charge in [-0.15, -0.1) is 0 Å². The summed E-state index contributed by atoms with van der Waals surface area (Å²) in [5.41, 5.74) is 2.81. The first-order chi connectivity index (χ1) is 5.68. The van der Waals surface area contributed by atoms with Gasteiger partial charge < -0.3 is 4.57 Å². The van der Waals surface area contributed by atoms with Crippen LogP contribution in [0.3, 0.4) is 0 Å². The lowest BCUT2D eigenvalue weighted by molar-refractivity contribution is 0.931. The van der Waals surface area contributed by atoms with Gasteiger partial charge in [0.25, 0.3) is 0 Å². The Hall–Kier alpha value is -1.09. The standard InChI is InChI=1S/C8H8ClN3/c1-5-3-6(9)11-8-7(5)10-4-12(8)2/h3-4H,1-2H3. The molecule has 0 N–H and O–H groups in total. The summed E-state index contributed by atoms with van der Waals surface area (Å²) in [6.07, 6.45) is 1.74. The third-order valence-corrected chi connectivity index (χ3v) is 2.02. The molecule has 0 aliphatic rings. The number of imidazole rings is 1. The quantitative estimate of drug-likeness (QED) is 0.582. The molecule has 0 radical (unpaired) electrons. The Bertz CT molecular complexity index is 433. The second kappa shape index (κ2) is 2.45. The fourth-order valence-corrected chi connectivity index (χ4v) is 1.46. The molecule has 0 aromatic carbocycles. The molecule has 0 bridgehead atoms. The van der Waals surface area contributed by atoms with Crippen LogP contribution in [0.2, 0.25) is 5.15 Å². The van der Waals surface area contributed by atoms with Crippen molar-refractivity contribution in [3.05, 3.63) is 23.1 Å². The van der Waals surface area contributed by atoms with Crippen LogP contribution in [0.15, 0.2) is 12.4 Å². The Morgan fingerprint density at radius 3 is 3.00 bits per heavy atom. The van der Waals surface area contributed by atoms with Crippen molar-refractivity contribution in [3.63, 3.8) is 0 Å². The lowest BCUT2D eigenvalue weighted by Gasteiger charge is -1.96. The number of rotatable bonds is 0. The topological polar surface area (TPSA) is 30.7 Å². The molecule has 0 spiro atoms. The van der Waals surface area contributed by atoms with Crippen LogP contribution in [0.5, 0.6) is 0 Å². The summed E-state index contributed by atoms with van der Waals surface area (Å²) in [7, 11) is 1.90. The smallest absolute Gasteiger partial charge is 0.161 e. The molecule has 0 unspecified atom stereocenters. The molecule has 0 atom stereocenters. The number of halogens is 1. The molecule has 2 aromatic heterocycles. The Morgan fingerprint density at radius 1 is 1.50 bits per heavy atom. The van der Waals surface area contributed by atoms with E-state index in [0.717, 1.165) is 16.7 Å². The predicted octanol–water partition coefficient (Wildman–Crippen LogP) is 1.93. The van der Waals surface area contributed by atoms with Gasteiger partial charge >= 0.3 is 0 Å². The van der Waals surface area contributed by atoms with Gasteiger partial charge in [0, 0.05) is 7.05 Å². The zero-order valence-corrected chi connectivity index (χ0v) is 7.63. The summed E-state index contributed by atoms with van der Waals surface area (Å²) in [6, 6.07) is 1.82. The van der Waals surface area contributed by atoms with Crippen LogP contribution in [0, 0.1) is 6.92 Å². The van der Waals surface area contributed by atoms with Gasteiger partial charge in [-0.05, 0) is 18.6 Å². The van der Waals surface area contributed by atoms with Crippen molar-refractivity contribution in [1.82, 2.24) is 14.5 Å². The highest BCUT2D eigenvalue weighted by Crippen LogP contribution is 2.17. The van der Waals surface area contributed by atoms with Crippen LogP contribution in [-0.4, -0.2) is 14.5 Å². The minimum atomic E-state index is 0.517. The largest absolute Gasteiger partial charge is 0.318 e. The number of hydrogen-bond donors (Lipinski definition) is 0. The highest BCUT2D eigenvalue weighted by atomic mass is 35.5. The zero-order valence-electron chi connectivity index (χ0n) is 6.87. The van der Waals surface area contributed by atoms with Crippen molar-refractivity contribution in [2.45, 2.75) is 6.92 Å². The number of nitrogens with zero attached hydrogens (tertiary/aromatic N) is 3. The molecule has 4 heteroatoms. The van der Waals surface area contributed by atoms with Crippen molar-refractivity contribution in [2.75, 3.05) is 0 Å². The Labute approximate surface area is 75.0 Å². The minimum absolute atomic E-state index is 0.517. The molecular formula is C8H8ClN3. The van der Waals surface area contributed by atoms with E-state index < -0.39 is 0 Å². The number of pyridine rings is 1. The summed E-state index contributed by atoms with van der Waals surface area (Å²) in [5, 5.41) is 0.517. The number of aryl methyl sites for hydroxylation is 2. The zero-order chi connectivity index (χ0) is 8.72. The molecule has 0 saturated carbocycles. The van der Waals surface area contributed by atoms with Crippen LogP contribution in [0.1, 0.15) is 5.56 Å². The monoisotopic (exact) mass is 181 g/mol. The fraction of sp³-hybridized carbons (Fsp3) is 0.250. The van der Waals surface area contributed by atoms with Crippen molar-refractivity contribution < 1.29 is 0 Å². The van der Waals surface area contributed by atoms with Gasteiger partial charge in [-0.25, -0.2) is 9.97 Å². The molecule has 0 amide bonds. The van der Waals surface area contributed by atoms with E-state index in [2.05, 4.69) is 9.97 Å². The lowest BCUT2D eigenvalue weighted by atomic mass is 10.3. The average molecular weight is 182 g/mol. The van der Waals surface area contributed by atoms with E-state index in [-0.39, 0.29) is 0 Å². The molecule has 2 aromatic rings. The van der Waals surface area contributed by atoms with Gasteiger partial charge in [0.1, 0.15) is 10.7 Å². The molecule has 12 heavy (non-hydrogen) atoms. The molecule has 0 aliphatic carbocycles. The van der Waals surface area contributed by atoms with Crippen LogP contribution < -0.4 is 0 Å². The second-order valence-electron chi connectivity index (χ2n) is 2.79. The number of hydrogen-bond acceptors (Lipinski definition) is 2. The van der Waals surface area contributed by atoms with E-state index in [0.29, 0.717) is 5.15 Å². The van der Waals surface area contributed by atoms with E-state index >= 15 is 0 Å². The van der Waals surface area contributed by atoms with Crippen LogP contribution in [0.4, 0.5) is 0 Å². The SMILES string of the molecule is Cc1cc(Cl)nc2c1ncn2C. The van der Waals surface area contributed by atoms with E-state index in [9.17, 15) is 0 Å². The molecule has 0 aliphatic heterocycles. The first kappa shape index (κ1) is 7.55. The third-order valence-electron chi connectivity index (χ3n) is 1.83. The maximum atomic E-state index is 5.80. The first-order valence-corrected chi connectivity index (χ1v) is 4.00. The minimum Gasteiger partial charge on any atom is -0.318 e. The van der Waals surface area contributed by atoms with Gasteiger partial charge in [-0.1, -0.05) is 11.6 Å². The highest BCUT2D eigenvalue weighted by Gasteiger charge is 2.04. The third kappa shape index (κ3) is 0.975. The second-order valence-corrected chi connectivity index (χ2v) is 3.18. The van der Waals surface area contributed by atoms with Gasteiger partial charge in [-0.3, -0.25) is 0 Å². The van der Waals surface area contributed by atoms with Gasteiger partial charge in [0.15, 0.2) is 5.65 Å². The Morgan fingerprint density at radius 2 is 2.25 bits per heavy atom. The number of aromatic nitrogens is 3. The summed E-state index contributed by atoms with van der Waals surface area (Å²) in [5.74, 6) is 0. The van der Waals surface area contributed by atoms with Crippen LogP contribution in [0.25, 0.3) is 11.2 Å². The molecule has 0 fully saturated rings. The summed E-state index contributed by atoms with van der Waals surface area (Å²) in [4.78, 5) is 8.36. The van der Waals surface area contributed by atoms with E-state index in [4.69, 9.17) is 11.6 Å². The molecule has 62 valence electrons. The average Bonchev–Trinajstić information content (AvgIpc) is 2.33. The first-order valence-electron chi connectivity index (χ1n) is 3.62. The van der Waals surface area contributed by atoms with Crippen molar-refractivity contribution in [3.8, 4) is 0 Å². The maximum Gasteiger partial charge on any atom is 0.161 e. The molecule has 2 rings (SSSR count). The molecule has 2 heterocycles. The summed E-state index contributed by atoms with van der Waals surface area (Å²) in [6.45, 7) is 1.98. The van der Waals surface area contributed by atoms with Crippen LogP contribution in [-0.2, 0) is 7.05 Å². The summed E-state index contributed by atoms with van der Waals surface area (Å²) >= 11 is 5.80. The van der Waals surface area contributed by atoms with E-state index in [1.165, 1.54) is 0 Å².